The van der Waals surface area contributed by atoms with Gasteiger partial charge in [-0.2, -0.15) is 5.10 Å². The van der Waals surface area contributed by atoms with Gasteiger partial charge in [0.25, 0.3) is 0 Å². The topological polar surface area (TPSA) is 76.4 Å². The zero-order valence-electron chi connectivity index (χ0n) is 16.0. The number of nitrogens with one attached hydrogen (secondary N) is 2. The summed E-state index contributed by atoms with van der Waals surface area (Å²) in [7, 11) is 1.62. The molecular weight excluding hydrogens is 378 g/mol. The van der Waals surface area contributed by atoms with Gasteiger partial charge in [0.15, 0.2) is 23.0 Å². The number of rotatable bonds is 5. The normalized spacial score (nSPS) is 22.0. The van der Waals surface area contributed by atoms with Crippen LogP contribution in [0.25, 0.3) is 16.9 Å². The monoisotopic (exact) mass is 400 g/mol. The highest BCUT2D eigenvalue weighted by atomic mass is 19.1. The van der Waals surface area contributed by atoms with E-state index in [4.69, 9.17) is 9.72 Å². The van der Waals surface area contributed by atoms with Gasteiger partial charge >= 0.3 is 0 Å². The lowest BCUT2D eigenvalue weighted by molar-refractivity contribution is 0.240. The molecule has 29 heavy (non-hydrogen) atoms. The predicted octanol–water partition coefficient (Wildman–Crippen LogP) is 2.93. The Kier molecular flexibility index (Phi) is 4.54. The van der Waals surface area contributed by atoms with Crippen molar-refractivity contribution in [3.8, 4) is 17.0 Å². The largest absolute Gasteiger partial charge is 0.493 e. The molecule has 2 N–H and O–H groups in total. The molecule has 152 valence electrons. The van der Waals surface area contributed by atoms with Crippen LogP contribution < -0.4 is 15.4 Å². The Morgan fingerprint density at radius 2 is 2.10 bits per heavy atom. The van der Waals surface area contributed by atoms with Gasteiger partial charge in [-0.15, -0.1) is 0 Å². The zero-order valence-corrected chi connectivity index (χ0v) is 16.0. The number of aromatic nitrogens is 4. The van der Waals surface area contributed by atoms with Crippen LogP contribution in [-0.4, -0.2) is 52.0 Å². The summed E-state index contributed by atoms with van der Waals surface area (Å²) in [6.07, 6.45) is 4.99. The van der Waals surface area contributed by atoms with Gasteiger partial charge in [0.05, 0.1) is 42.5 Å². The van der Waals surface area contributed by atoms with Crippen molar-refractivity contribution in [1.82, 2.24) is 24.9 Å². The molecule has 0 amide bonds. The Morgan fingerprint density at radius 1 is 1.24 bits per heavy atom. The second kappa shape index (κ2) is 7.22. The van der Waals surface area contributed by atoms with Crippen LogP contribution in [0.5, 0.6) is 5.75 Å². The first-order chi connectivity index (χ1) is 14.1. The maximum Gasteiger partial charge on any atom is 0.165 e. The molecule has 0 aromatic carbocycles. The van der Waals surface area contributed by atoms with Gasteiger partial charge < -0.3 is 15.4 Å². The van der Waals surface area contributed by atoms with E-state index in [1.807, 2.05) is 6.20 Å². The van der Waals surface area contributed by atoms with Crippen molar-refractivity contribution in [2.75, 3.05) is 25.5 Å². The Balaban J connectivity index is 1.52. The van der Waals surface area contributed by atoms with Crippen LogP contribution in [-0.2, 0) is 0 Å². The number of pyridine rings is 1. The Hall–Kier alpha value is -2.81. The average Bonchev–Trinajstić information content (AvgIpc) is 3.50. The van der Waals surface area contributed by atoms with E-state index in [-0.39, 0.29) is 5.82 Å². The number of alkyl halides is 1. The third-order valence-electron chi connectivity index (χ3n) is 5.51. The van der Waals surface area contributed by atoms with E-state index in [2.05, 4.69) is 20.7 Å². The summed E-state index contributed by atoms with van der Waals surface area (Å²) in [4.78, 5) is 9.20. The number of nitrogens with zero attached hydrogens (tertiary/aromatic N) is 4. The summed E-state index contributed by atoms with van der Waals surface area (Å²) in [5.74, 6) is 0.629. The Morgan fingerprint density at radius 3 is 2.86 bits per heavy atom. The summed E-state index contributed by atoms with van der Waals surface area (Å²) in [5, 5.41) is 10.4. The van der Waals surface area contributed by atoms with Gasteiger partial charge in [-0.1, -0.05) is 0 Å². The Labute approximate surface area is 166 Å². The van der Waals surface area contributed by atoms with Crippen molar-refractivity contribution in [3.05, 3.63) is 36.0 Å². The van der Waals surface area contributed by atoms with E-state index in [0.29, 0.717) is 48.1 Å². The number of methoxy groups -OCH3 is 1. The van der Waals surface area contributed by atoms with Crippen molar-refractivity contribution in [1.29, 1.82) is 0 Å². The number of hydrogen-bond donors (Lipinski definition) is 2. The van der Waals surface area contributed by atoms with Gasteiger partial charge in [-0.3, -0.25) is 0 Å². The highest BCUT2D eigenvalue weighted by Gasteiger charge is 2.30. The lowest BCUT2D eigenvalue weighted by Crippen LogP contribution is -2.46. The average molecular weight is 400 g/mol. The van der Waals surface area contributed by atoms with Gasteiger partial charge in [0.2, 0.25) is 0 Å². The van der Waals surface area contributed by atoms with Crippen LogP contribution in [0, 0.1) is 5.82 Å². The van der Waals surface area contributed by atoms with Crippen molar-refractivity contribution in [2.45, 2.75) is 37.4 Å². The van der Waals surface area contributed by atoms with E-state index in [1.54, 1.807) is 23.9 Å². The second-order valence-corrected chi connectivity index (χ2v) is 7.58. The minimum absolute atomic E-state index is 0.0362. The molecule has 0 spiro atoms. The van der Waals surface area contributed by atoms with Gasteiger partial charge in [-0.25, -0.2) is 23.3 Å². The lowest BCUT2D eigenvalue weighted by Gasteiger charge is -2.28. The maximum atomic E-state index is 14.4. The summed E-state index contributed by atoms with van der Waals surface area (Å²) in [6, 6.07) is 2.41. The number of halogens is 2. The summed E-state index contributed by atoms with van der Waals surface area (Å²) >= 11 is 0. The first-order valence-electron chi connectivity index (χ1n) is 9.84. The van der Waals surface area contributed by atoms with Crippen LogP contribution in [0.15, 0.2) is 24.5 Å². The summed E-state index contributed by atoms with van der Waals surface area (Å²) in [5.41, 5.74) is 2.77. The molecule has 0 radical (unpaired) electrons. The molecule has 3 aromatic heterocycles. The standard InChI is InChI=1S/C20H22F2N6O/c1-29-17-10-28-20(27-18(17)11-2-3-11)12(8-24-28)15-5-4-14(22)19(25-15)26-16-9-23-7-6-13(16)21/h4-5,8,10-11,13,16,23H,2-3,6-7,9H2,1H3,(H,25,26)/t13-,16-/m0/s1. The molecular formula is C20H22F2N6O. The van der Waals surface area contributed by atoms with E-state index in [1.165, 1.54) is 6.07 Å². The molecule has 1 aliphatic carbocycles. The zero-order chi connectivity index (χ0) is 20.0. The number of fused-ring (bicyclic) bond motifs is 1. The van der Waals surface area contributed by atoms with Crippen LogP contribution >= 0.6 is 0 Å². The number of ether oxygens (including phenoxy) is 1. The summed E-state index contributed by atoms with van der Waals surface area (Å²) < 4.78 is 35.6. The van der Waals surface area contributed by atoms with E-state index in [9.17, 15) is 8.78 Å². The number of anilines is 1. The fraction of sp³-hybridized carbons (Fsp3) is 0.450. The second-order valence-electron chi connectivity index (χ2n) is 7.58. The van der Waals surface area contributed by atoms with Gasteiger partial charge in [0.1, 0.15) is 6.17 Å². The SMILES string of the molecule is COc1cn2ncc(-c3ccc(F)c(N[C@H]4CNCC[C@@H]4F)n3)c2nc1C1CC1. The number of piperidine rings is 1. The molecule has 1 aliphatic heterocycles. The molecule has 9 heteroatoms. The van der Waals surface area contributed by atoms with E-state index >= 15 is 0 Å². The fourth-order valence-electron chi connectivity index (χ4n) is 3.73. The molecule has 1 saturated carbocycles. The molecule has 0 unspecified atom stereocenters. The first kappa shape index (κ1) is 18.2. The molecule has 2 aliphatic rings. The predicted molar refractivity (Wildman–Crippen MR) is 104 cm³/mol. The van der Waals surface area contributed by atoms with Crippen LogP contribution in [0.4, 0.5) is 14.6 Å². The molecule has 2 fully saturated rings. The highest BCUT2D eigenvalue weighted by Crippen LogP contribution is 2.43. The quantitative estimate of drug-likeness (QED) is 0.686. The molecule has 1 saturated heterocycles. The van der Waals surface area contributed by atoms with Crippen LogP contribution in [0.2, 0.25) is 0 Å². The smallest absolute Gasteiger partial charge is 0.165 e. The van der Waals surface area contributed by atoms with Gasteiger partial charge in [-0.05, 0) is 37.9 Å². The molecule has 5 rings (SSSR count). The third-order valence-corrected chi connectivity index (χ3v) is 5.51. The molecule has 4 heterocycles. The third kappa shape index (κ3) is 3.39. The van der Waals surface area contributed by atoms with Gasteiger partial charge in [0, 0.05) is 12.5 Å². The number of hydrogen-bond acceptors (Lipinski definition) is 6. The molecule has 3 aromatic rings. The Bertz CT molecular complexity index is 1050. The van der Waals surface area contributed by atoms with Crippen molar-refractivity contribution < 1.29 is 13.5 Å². The van der Waals surface area contributed by atoms with E-state index in [0.717, 1.165) is 18.5 Å². The van der Waals surface area contributed by atoms with E-state index < -0.39 is 18.0 Å². The molecule has 0 bridgehead atoms. The first-order valence-corrected chi connectivity index (χ1v) is 9.84. The van der Waals surface area contributed by atoms with Crippen molar-refractivity contribution >= 4 is 11.5 Å². The molecule has 2 atom stereocenters. The molecule has 7 nitrogen and oxygen atoms in total. The maximum absolute atomic E-state index is 14.4. The minimum atomic E-state index is -1.05. The van der Waals surface area contributed by atoms with Crippen LogP contribution in [0.3, 0.4) is 0 Å². The van der Waals surface area contributed by atoms with Crippen molar-refractivity contribution in [3.63, 3.8) is 0 Å². The minimum Gasteiger partial charge on any atom is -0.493 e. The summed E-state index contributed by atoms with van der Waals surface area (Å²) in [6.45, 7) is 1.05. The van der Waals surface area contributed by atoms with Crippen LogP contribution in [0.1, 0.15) is 30.9 Å². The fourth-order valence-corrected chi connectivity index (χ4v) is 3.73. The van der Waals surface area contributed by atoms with Crippen molar-refractivity contribution in [2.24, 2.45) is 0 Å². The highest BCUT2D eigenvalue weighted by molar-refractivity contribution is 5.75. The lowest BCUT2D eigenvalue weighted by atomic mass is 10.1.